The van der Waals surface area contributed by atoms with Crippen molar-refractivity contribution in [1.29, 1.82) is 5.41 Å². The van der Waals surface area contributed by atoms with E-state index in [0.717, 1.165) is 5.56 Å². The van der Waals surface area contributed by atoms with Gasteiger partial charge in [-0.1, -0.05) is 42.0 Å². The molecule has 122 valence electrons. The van der Waals surface area contributed by atoms with Crippen molar-refractivity contribution in [3.63, 3.8) is 0 Å². The first-order valence-electron chi connectivity index (χ1n) is 7.50. The predicted molar refractivity (Wildman–Crippen MR) is 97.5 cm³/mol. The minimum absolute atomic E-state index is 0.323. The number of aliphatic hydroxyl groups is 1. The molecule has 0 bridgehead atoms. The summed E-state index contributed by atoms with van der Waals surface area (Å²) in [6.45, 7) is 1.69. The van der Waals surface area contributed by atoms with Crippen LogP contribution < -0.4 is 9.88 Å². The van der Waals surface area contributed by atoms with Crippen LogP contribution in [0.2, 0.25) is 5.02 Å². The number of halogens is 1. The van der Waals surface area contributed by atoms with Crippen molar-refractivity contribution in [2.75, 3.05) is 0 Å². The smallest absolute Gasteiger partial charge is 0.216 e. The molecule has 0 amide bonds. The summed E-state index contributed by atoms with van der Waals surface area (Å²) in [7, 11) is 0. The third-order valence-electron chi connectivity index (χ3n) is 4.24. The minimum Gasteiger partial charge on any atom is -0.366 e. The zero-order valence-electron chi connectivity index (χ0n) is 13.0. The van der Waals surface area contributed by atoms with Crippen LogP contribution in [0, 0.1) is 5.41 Å². The number of nitrogens with zero attached hydrogens (tertiary/aromatic N) is 1. The Morgan fingerprint density at radius 3 is 2.46 bits per heavy atom. The second kappa shape index (κ2) is 6.46. The molecule has 24 heavy (non-hydrogen) atoms. The summed E-state index contributed by atoms with van der Waals surface area (Å²) in [5, 5.41) is 22.3. The zero-order valence-corrected chi connectivity index (χ0v) is 14.6. The van der Waals surface area contributed by atoms with Crippen LogP contribution in [-0.4, -0.2) is 21.7 Å². The molecule has 1 aromatic heterocycles. The highest BCUT2D eigenvalue weighted by Gasteiger charge is 2.52. The summed E-state index contributed by atoms with van der Waals surface area (Å²) in [4.78, 5) is 0.336. The largest absolute Gasteiger partial charge is 0.366 e. The second-order valence-electron chi connectivity index (χ2n) is 5.94. The highest BCUT2D eigenvalue weighted by Crippen LogP contribution is 2.41. The van der Waals surface area contributed by atoms with Gasteiger partial charge in [-0.15, -0.1) is 0 Å². The molecule has 4 nitrogen and oxygen atoms in total. The van der Waals surface area contributed by atoms with Crippen molar-refractivity contribution in [2.45, 2.75) is 24.6 Å². The summed E-state index contributed by atoms with van der Waals surface area (Å²) in [5.41, 5.74) is 0.174. The van der Waals surface area contributed by atoms with Crippen molar-refractivity contribution in [3.05, 3.63) is 71.0 Å². The molecule has 0 radical (unpaired) electrons. The molecule has 3 rings (SSSR count). The van der Waals surface area contributed by atoms with E-state index in [0.29, 0.717) is 15.6 Å². The SMILES string of the molecule is CC1(O)NC(=S)C(=C=N)C(c2ccc(Cl)cc2)C1[n+]1ccccc1. The van der Waals surface area contributed by atoms with Crippen LogP contribution >= 0.6 is 23.8 Å². The maximum absolute atomic E-state index is 11.0. The molecule has 3 unspecified atom stereocenters. The van der Waals surface area contributed by atoms with E-state index in [9.17, 15) is 5.11 Å². The third kappa shape index (κ3) is 2.99. The van der Waals surface area contributed by atoms with Gasteiger partial charge in [-0.2, -0.15) is 4.57 Å². The second-order valence-corrected chi connectivity index (χ2v) is 6.78. The van der Waals surface area contributed by atoms with E-state index >= 15 is 0 Å². The summed E-state index contributed by atoms with van der Waals surface area (Å²) in [6, 6.07) is 12.7. The fourth-order valence-electron chi connectivity index (χ4n) is 3.21. The summed E-state index contributed by atoms with van der Waals surface area (Å²) in [6.07, 6.45) is 3.78. The maximum Gasteiger partial charge on any atom is 0.216 e. The lowest BCUT2D eigenvalue weighted by Gasteiger charge is -2.40. The van der Waals surface area contributed by atoms with Crippen molar-refractivity contribution >= 4 is 34.7 Å². The van der Waals surface area contributed by atoms with Crippen LogP contribution in [0.15, 0.2) is 60.4 Å². The van der Waals surface area contributed by atoms with Gasteiger partial charge in [0, 0.05) is 17.2 Å². The normalized spacial score (nSPS) is 26.6. The van der Waals surface area contributed by atoms with Gasteiger partial charge in [0.1, 0.15) is 4.99 Å². The average Bonchev–Trinajstić information content (AvgIpc) is 2.55. The van der Waals surface area contributed by atoms with E-state index in [1.165, 1.54) is 0 Å². The molecular formula is C18H17ClN3OS+. The molecule has 1 saturated heterocycles. The number of pyridine rings is 1. The van der Waals surface area contributed by atoms with E-state index < -0.39 is 11.8 Å². The van der Waals surface area contributed by atoms with Gasteiger partial charge < -0.3 is 10.4 Å². The number of hydrogen-bond donors (Lipinski definition) is 3. The molecule has 2 aromatic rings. The molecule has 0 spiro atoms. The molecule has 0 aliphatic carbocycles. The molecule has 3 N–H and O–H groups in total. The van der Waals surface area contributed by atoms with Crippen LogP contribution in [0.25, 0.3) is 0 Å². The van der Waals surface area contributed by atoms with Crippen LogP contribution in [0.5, 0.6) is 0 Å². The molecule has 1 fully saturated rings. The van der Waals surface area contributed by atoms with E-state index in [-0.39, 0.29) is 5.92 Å². The Kier molecular flexibility index (Phi) is 4.52. The Morgan fingerprint density at radius 1 is 1.25 bits per heavy atom. The maximum atomic E-state index is 11.0. The number of benzene rings is 1. The lowest BCUT2D eigenvalue weighted by molar-refractivity contribution is -0.740. The van der Waals surface area contributed by atoms with Crippen molar-refractivity contribution in [1.82, 2.24) is 5.32 Å². The topological polar surface area (TPSA) is 60.0 Å². The Morgan fingerprint density at radius 2 is 1.88 bits per heavy atom. The highest BCUT2D eigenvalue weighted by atomic mass is 35.5. The van der Waals surface area contributed by atoms with E-state index in [4.69, 9.17) is 29.2 Å². The van der Waals surface area contributed by atoms with Crippen LogP contribution in [0.1, 0.15) is 24.4 Å². The van der Waals surface area contributed by atoms with Gasteiger partial charge in [0.2, 0.25) is 6.04 Å². The molecule has 1 aliphatic rings. The fraction of sp³-hybridized carbons (Fsp3) is 0.222. The Balaban J connectivity index is 2.21. The quantitative estimate of drug-likeness (QED) is 0.335. The third-order valence-corrected chi connectivity index (χ3v) is 4.81. The van der Waals surface area contributed by atoms with E-state index in [2.05, 4.69) is 11.2 Å². The molecule has 2 heterocycles. The van der Waals surface area contributed by atoms with Crippen molar-refractivity contribution < 1.29 is 9.67 Å². The summed E-state index contributed by atoms with van der Waals surface area (Å²) >= 11 is 11.4. The van der Waals surface area contributed by atoms with Crippen LogP contribution in [-0.2, 0) is 0 Å². The van der Waals surface area contributed by atoms with Crippen LogP contribution in [0.4, 0.5) is 0 Å². The Labute approximate surface area is 150 Å². The first-order valence-corrected chi connectivity index (χ1v) is 8.28. The van der Waals surface area contributed by atoms with Gasteiger partial charge in [-0.3, -0.25) is 5.41 Å². The molecule has 3 atom stereocenters. The number of rotatable bonds is 2. The zero-order chi connectivity index (χ0) is 17.3. The van der Waals surface area contributed by atoms with Gasteiger partial charge in [-0.05, 0) is 30.5 Å². The Hall–Kier alpha value is -2.04. The number of thiocarbonyl (C=S) groups is 1. The molecule has 1 aliphatic heterocycles. The number of nitrogens with one attached hydrogen (secondary N) is 2. The van der Waals surface area contributed by atoms with E-state index in [1.54, 1.807) is 19.1 Å². The first-order chi connectivity index (χ1) is 11.4. The molecular weight excluding hydrogens is 342 g/mol. The lowest BCUT2D eigenvalue weighted by Crippen LogP contribution is -2.65. The monoisotopic (exact) mass is 358 g/mol. The number of piperidine rings is 1. The predicted octanol–water partition coefficient (Wildman–Crippen LogP) is 2.77. The van der Waals surface area contributed by atoms with Crippen LogP contribution in [0.3, 0.4) is 0 Å². The highest BCUT2D eigenvalue weighted by molar-refractivity contribution is 7.80. The lowest BCUT2D eigenvalue weighted by atomic mass is 9.77. The van der Waals surface area contributed by atoms with Gasteiger partial charge in [0.05, 0.1) is 11.5 Å². The average molecular weight is 359 g/mol. The number of aromatic nitrogens is 1. The Bertz CT molecular complexity index is 814. The van der Waals surface area contributed by atoms with Gasteiger partial charge in [-0.25, -0.2) is 0 Å². The number of hydrogen-bond acceptors (Lipinski definition) is 3. The molecule has 6 heteroatoms. The molecule has 1 aromatic carbocycles. The standard InChI is InChI=1S/C18H16ClN3OS/c1-18(23)16(22-9-3-2-4-10-22)15(14(11-20)17(24)21-18)12-5-7-13(19)8-6-12/h2-10,15-16,20,23H,1H3/p+1. The fourth-order valence-corrected chi connectivity index (χ4v) is 3.72. The van der Waals surface area contributed by atoms with Gasteiger partial charge >= 0.3 is 0 Å². The van der Waals surface area contributed by atoms with Gasteiger partial charge in [0.15, 0.2) is 18.1 Å². The minimum atomic E-state index is -1.28. The van der Waals surface area contributed by atoms with Crippen molar-refractivity contribution in [3.8, 4) is 0 Å². The van der Waals surface area contributed by atoms with Crippen molar-refractivity contribution in [2.24, 2.45) is 0 Å². The summed E-state index contributed by atoms with van der Waals surface area (Å²) < 4.78 is 1.92. The van der Waals surface area contributed by atoms with Gasteiger partial charge in [0.25, 0.3) is 0 Å². The first kappa shape index (κ1) is 16.8. The van der Waals surface area contributed by atoms with E-state index in [1.807, 2.05) is 47.3 Å². The summed E-state index contributed by atoms with van der Waals surface area (Å²) in [5.74, 6) is 2.14. The molecule has 0 saturated carbocycles.